The average molecular weight is 544 g/mol. The van der Waals surface area contributed by atoms with Crippen LogP contribution in [0.3, 0.4) is 0 Å². The van der Waals surface area contributed by atoms with Crippen molar-refractivity contribution >= 4 is 16.9 Å². The lowest BCUT2D eigenvalue weighted by molar-refractivity contribution is -0.136. The number of carboxylic acids is 1. The van der Waals surface area contributed by atoms with E-state index in [1.54, 1.807) is 36.4 Å². The largest absolute Gasteiger partial charge is 0.496 e. The van der Waals surface area contributed by atoms with Gasteiger partial charge in [0, 0.05) is 11.6 Å². The zero-order valence-electron chi connectivity index (χ0n) is 21.4. The number of fused-ring (bicyclic) bond motifs is 1. The third-order valence-electron chi connectivity index (χ3n) is 6.54. The van der Waals surface area contributed by atoms with E-state index in [0.717, 1.165) is 17.2 Å². The van der Waals surface area contributed by atoms with Crippen LogP contribution in [0.2, 0.25) is 0 Å². The second-order valence-corrected chi connectivity index (χ2v) is 9.18. The first-order valence-electron chi connectivity index (χ1n) is 12.4. The molecule has 5 aromatic rings. The lowest BCUT2D eigenvalue weighted by Crippen LogP contribution is -2.07. The molecule has 0 saturated carbocycles. The molecule has 8 heteroatoms. The normalized spacial score (nSPS) is 11.4. The van der Waals surface area contributed by atoms with E-state index in [1.165, 1.54) is 25.4 Å². The van der Waals surface area contributed by atoms with E-state index in [2.05, 4.69) is 4.98 Å². The second kappa shape index (κ2) is 11.1. The fourth-order valence-electron chi connectivity index (χ4n) is 4.69. The molecule has 0 atom stereocenters. The van der Waals surface area contributed by atoms with Gasteiger partial charge in [-0.15, -0.1) is 0 Å². The molecule has 1 aromatic heterocycles. The number of rotatable bonds is 8. The van der Waals surface area contributed by atoms with Crippen LogP contribution in [0.15, 0.2) is 97.2 Å². The number of carboxylic acid groups (broad SMARTS) is 1. The van der Waals surface area contributed by atoms with Crippen molar-refractivity contribution in [1.82, 2.24) is 4.98 Å². The highest BCUT2D eigenvalue weighted by atomic mass is 19.4. The summed E-state index contributed by atoms with van der Waals surface area (Å²) < 4.78 is 52.7. The third-order valence-corrected chi connectivity index (χ3v) is 6.54. The quantitative estimate of drug-likeness (QED) is 0.216. The minimum atomic E-state index is -4.55. The Morgan fingerprint density at radius 3 is 2.40 bits per heavy atom. The van der Waals surface area contributed by atoms with Crippen molar-refractivity contribution in [2.75, 3.05) is 7.11 Å². The van der Waals surface area contributed by atoms with Crippen LogP contribution in [0.4, 0.5) is 13.2 Å². The Hall–Kier alpha value is -4.85. The number of alkyl halides is 3. The highest BCUT2D eigenvalue weighted by Gasteiger charge is 2.33. The summed E-state index contributed by atoms with van der Waals surface area (Å²) in [5, 5.41) is 9.71. The predicted octanol–water partition coefficient (Wildman–Crippen LogP) is 7.80. The van der Waals surface area contributed by atoms with Crippen LogP contribution in [0.5, 0.6) is 11.5 Å². The number of methoxy groups -OCH3 is 1. The van der Waals surface area contributed by atoms with Gasteiger partial charge in [-0.25, -0.2) is 4.79 Å². The second-order valence-electron chi connectivity index (χ2n) is 9.18. The van der Waals surface area contributed by atoms with Gasteiger partial charge >= 0.3 is 12.1 Å². The first-order chi connectivity index (χ1) is 19.2. The number of benzene rings is 4. The Kier molecular flexibility index (Phi) is 7.42. The maximum atomic E-state index is 13.8. The Labute approximate surface area is 228 Å². The topological polar surface area (TPSA) is 68.7 Å². The summed E-state index contributed by atoms with van der Waals surface area (Å²) in [6, 6.07) is 25.6. The number of aromatic carboxylic acids is 1. The van der Waals surface area contributed by atoms with Crippen LogP contribution in [-0.2, 0) is 19.2 Å². The van der Waals surface area contributed by atoms with Gasteiger partial charge in [-0.3, -0.25) is 4.98 Å². The van der Waals surface area contributed by atoms with Crippen LogP contribution in [0.25, 0.3) is 22.0 Å². The molecule has 5 rings (SSSR count). The molecule has 0 amide bonds. The summed E-state index contributed by atoms with van der Waals surface area (Å²) in [6.07, 6.45) is -2.55. The van der Waals surface area contributed by atoms with E-state index in [9.17, 15) is 23.1 Å². The van der Waals surface area contributed by atoms with Gasteiger partial charge in [0.15, 0.2) is 0 Å². The summed E-state index contributed by atoms with van der Waals surface area (Å²) in [5.74, 6) is -0.375. The maximum absolute atomic E-state index is 13.8. The van der Waals surface area contributed by atoms with Gasteiger partial charge in [0.25, 0.3) is 0 Å². The van der Waals surface area contributed by atoms with Crippen molar-refractivity contribution in [2.45, 2.75) is 19.2 Å². The van der Waals surface area contributed by atoms with Gasteiger partial charge in [-0.05, 0) is 64.6 Å². The maximum Gasteiger partial charge on any atom is 0.418 e. The monoisotopic (exact) mass is 543 g/mol. The number of nitrogens with zero attached hydrogens (tertiary/aromatic N) is 1. The van der Waals surface area contributed by atoms with Crippen LogP contribution < -0.4 is 9.47 Å². The van der Waals surface area contributed by atoms with Crippen LogP contribution in [0, 0.1) is 0 Å². The fourth-order valence-corrected chi connectivity index (χ4v) is 4.69. The van der Waals surface area contributed by atoms with Crippen molar-refractivity contribution in [3.05, 3.63) is 125 Å². The van der Waals surface area contributed by atoms with Gasteiger partial charge in [0.2, 0.25) is 0 Å². The number of hydrogen-bond donors (Lipinski definition) is 1. The van der Waals surface area contributed by atoms with Gasteiger partial charge in [0.1, 0.15) is 23.7 Å². The molecule has 0 aliphatic heterocycles. The zero-order valence-corrected chi connectivity index (χ0v) is 21.4. The van der Waals surface area contributed by atoms with E-state index in [-0.39, 0.29) is 23.4 Å². The first-order valence-corrected chi connectivity index (χ1v) is 12.4. The van der Waals surface area contributed by atoms with Crippen molar-refractivity contribution in [2.24, 2.45) is 0 Å². The van der Waals surface area contributed by atoms with Gasteiger partial charge < -0.3 is 14.6 Å². The Morgan fingerprint density at radius 1 is 0.900 bits per heavy atom. The number of para-hydroxylation sites is 1. The molecule has 40 heavy (non-hydrogen) atoms. The summed E-state index contributed by atoms with van der Waals surface area (Å²) >= 11 is 0. The number of pyridine rings is 1. The summed E-state index contributed by atoms with van der Waals surface area (Å²) in [5.41, 5.74) is 2.96. The van der Waals surface area contributed by atoms with E-state index < -0.39 is 17.7 Å². The van der Waals surface area contributed by atoms with Gasteiger partial charge in [-0.2, -0.15) is 13.2 Å². The van der Waals surface area contributed by atoms with Crippen molar-refractivity contribution < 1.29 is 32.5 Å². The number of carbonyl (C=O) groups is 1. The highest BCUT2D eigenvalue weighted by Crippen LogP contribution is 2.39. The molecular formula is C32H24F3NO4. The number of halogens is 3. The molecule has 0 aliphatic rings. The van der Waals surface area contributed by atoms with Crippen molar-refractivity contribution in [3.8, 4) is 22.6 Å². The summed E-state index contributed by atoms with van der Waals surface area (Å²) in [7, 11) is 1.39. The van der Waals surface area contributed by atoms with Crippen LogP contribution in [0.1, 0.15) is 32.6 Å². The molecule has 1 heterocycles. The molecule has 4 aromatic carbocycles. The fraction of sp³-hybridized carbons (Fsp3) is 0.125. The molecule has 202 valence electrons. The van der Waals surface area contributed by atoms with E-state index in [4.69, 9.17) is 9.47 Å². The van der Waals surface area contributed by atoms with Gasteiger partial charge in [-0.1, -0.05) is 60.7 Å². The Balaban J connectivity index is 1.55. The molecule has 0 unspecified atom stereocenters. The van der Waals surface area contributed by atoms with Crippen molar-refractivity contribution in [3.63, 3.8) is 0 Å². The zero-order chi connectivity index (χ0) is 28.3. The molecule has 5 nitrogen and oxygen atoms in total. The SMILES string of the molecule is COc1cc(COc2cccc(-c3c(Cc4ccccc4)cnc4c(C(F)(F)F)cccc34)c2)ccc1C(=O)O. The van der Waals surface area contributed by atoms with E-state index >= 15 is 0 Å². The smallest absolute Gasteiger partial charge is 0.418 e. The minimum Gasteiger partial charge on any atom is -0.496 e. The minimum absolute atomic E-state index is 0.0435. The first kappa shape index (κ1) is 26.7. The van der Waals surface area contributed by atoms with Crippen LogP contribution >= 0.6 is 0 Å². The lowest BCUT2D eigenvalue weighted by Gasteiger charge is -2.17. The molecule has 0 radical (unpaired) electrons. The van der Waals surface area contributed by atoms with Crippen molar-refractivity contribution in [1.29, 1.82) is 0 Å². The average Bonchev–Trinajstić information content (AvgIpc) is 2.95. The predicted molar refractivity (Wildman–Crippen MR) is 146 cm³/mol. The molecule has 0 fully saturated rings. The van der Waals surface area contributed by atoms with E-state index in [1.807, 2.05) is 36.4 Å². The highest BCUT2D eigenvalue weighted by molar-refractivity contribution is 5.98. The number of hydrogen-bond acceptors (Lipinski definition) is 4. The molecular weight excluding hydrogens is 519 g/mol. The molecule has 0 spiro atoms. The molecule has 0 bridgehead atoms. The van der Waals surface area contributed by atoms with Crippen LogP contribution in [-0.4, -0.2) is 23.2 Å². The third kappa shape index (κ3) is 5.61. The number of ether oxygens (including phenoxy) is 2. The lowest BCUT2D eigenvalue weighted by atomic mass is 9.92. The molecule has 0 aliphatic carbocycles. The van der Waals surface area contributed by atoms with E-state index in [0.29, 0.717) is 34.2 Å². The molecule has 0 saturated heterocycles. The molecule has 1 N–H and O–H groups in total. The number of aromatic nitrogens is 1. The van der Waals surface area contributed by atoms with Gasteiger partial charge in [0.05, 0.1) is 18.2 Å². The Morgan fingerprint density at radius 2 is 1.68 bits per heavy atom. The summed E-state index contributed by atoms with van der Waals surface area (Å²) in [4.78, 5) is 15.6. The standard InChI is InChI=1S/C32H24F3NO4/c1-39-28-16-21(13-14-25(28)31(37)38)19-40-24-10-5-9-22(17-24)29-23(15-20-7-3-2-4-8-20)18-36-30-26(29)11-6-12-27(30)32(33,34)35/h2-14,16-18H,15,19H2,1H3,(H,37,38). The Bertz CT molecular complexity index is 1680. The summed E-state index contributed by atoms with van der Waals surface area (Å²) in [6.45, 7) is 0.131.